The van der Waals surface area contributed by atoms with E-state index in [1.807, 2.05) is 104 Å². The summed E-state index contributed by atoms with van der Waals surface area (Å²) in [6, 6.07) is 29.3. The molecule has 5 heteroatoms. The Kier molecular flexibility index (Phi) is 6.49. The first kappa shape index (κ1) is 24.7. The maximum Gasteiger partial charge on any atom is 0.300 e. The van der Waals surface area contributed by atoms with Crippen LogP contribution in [-0.4, -0.2) is 16.8 Å². The first-order valence-electron chi connectivity index (χ1n) is 13.3. The largest absolute Gasteiger partial charge is 0.507 e. The van der Waals surface area contributed by atoms with Gasteiger partial charge in [0, 0.05) is 11.3 Å². The van der Waals surface area contributed by atoms with Crippen molar-refractivity contribution in [1.29, 1.82) is 0 Å². The molecular formula is C34H29NO4. The van der Waals surface area contributed by atoms with Crippen molar-refractivity contribution in [2.45, 2.75) is 38.6 Å². The molecule has 1 aliphatic heterocycles. The van der Waals surface area contributed by atoms with Gasteiger partial charge in [-0.15, -0.1) is 0 Å². The number of nitrogens with zero attached hydrogens (tertiary/aromatic N) is 1. The van der Waals surface area contributed by atoms with E-state index in [-0.39, 0.29) is 11.3 Å². The number of rotatable bonds is 5. The number of hydrogen-bond donors (Lipinski definition) is 1. The van der Waals surface area contributed by atoms with E-state index < -0.39 is 17.7 Å². The lowest BCUT2D eigenvalue weighted by molar-refractivity contribution is -0.132. The Bertz CT molecular complexity index is 1600. The second-order valence-electron chi connectivity index (χ2n) is 10.1. The molecule has 194 valence electrons. The monoisotopic (exact) mass is 515 g/mol. The minimum absolute atomic E-state index is 0.0795. The Balaban J connectivity index is 1.50. The minimum Gasteiger partial charge on any atom is -0.507 e. The zero-order valence-corrected chi connectivity index (χ0v) is 21.8. The first-order valence-corrected chi connectivity index (χ1v) is 13.3. The van der Waals surface area contributed by atoms with Crippen LogP contribution in [0.2, 0.25) is 0 Å². The average molecular weight is 516 g/mol. The van der Waals surface area contributed by atoms with Crippen molar-refractivity contribution < 1.29 is 19.4 Å². The fraction of sp³-hybridized carbons (Fsp3) is 0.176. The van der Waals surface area contributed by atoms with Crippen molar-refractivity contribution in [3.8, 4) is 11.5 Å². The van der Waals surface area contributed by atoms with Crippen molar-refractivity contribution in [3.63, 3.8) is 0 Å². The first-order chi connectivity index (χ1) is 19.0. The molecule has 1 saturated heterocycles. The lowest BCUT2D eigenvalue weighted by atomic mass is 9.88. The van der Waals surface area contributed by atoms with Crippen LogP contribution in [0.25, 0.3) is 5.76 Å². The molecule has 1 aliphatic carbocycles. The van der Waals surface area contributed by atoms with Crippen molar-refractivity contribution in [3.05, 3.63) is 130 Å². The number of aryl methyl sites for hydroxylation is 3. The third-order valence-corrected chi connectivity index (χ3v) is 7.59. The molecule has 5 nitrogen and oxygen atoms in total. The van der Waals surface area contributed by atoms with Gasteiger partial charge in [0.05, 0.1) is 11.6 Å². The van der Waals surface area contributed by atoms with E-state index in [1.165, 1.54) is 16.0 Å². The Morgan fingerprint density at radius 1 is 0.795 bits per heavy atom. The number of ketones is 1. The van der Waals surface area contributed by atoms with E-state index in [1.54, 1.807) is 0 Å². The SMILES string of the molecule is Cc1ccccc1N1C(=O)C(=O)/C(=C(\O)c2ccc3c(c2)CCCC3)C1c1cccc(Oc2ccccc2)c1. The van der Waals surface area contributed by atoms with Crippen LogP contribution >= 0.6 is 0 Å². The maximum absolute atomic E-state index is 13.6. The third-order valence-electron chi connectivity index (χ3n) is 7.59. The number of benzene rings is 4. The molecule has 1 unspecified atom stereocenters. The molecule has 0 saturated carbocycles. The van der Waals surface area contributed by atoms with Gasteiger partial charge in [0.15, 0.2) is 0 Å². The van der Waals surface area contributed by atoms with Gasteiger partial charge in [0.1, 0.15) is 17.3 Å². The van der Waals surface area contributed by atoms with Gasteiger partial charge in [0.2, 0.25) is 0 Å². The van der Waals surface area contributed by atoms with Crippen LogP contribution in [0, 0.1) is 6.92 Å². The highest BCUT2D eigenvalue weighted by atomic mass is 16.5. The molecule has 6 rings (SSSR count). The Hall–Kier alpha value is -4.64. The second-order valence-corrected chi connectivity index (χ2v) is 10.1. The average Bonchev–Trinajstić information content (AvgIpc) is 3.23. The number of carbonyl (C=O) groups is 2. The Morgan fingerprint density at radius 2 is 1.51 bits per heavy atom. The fourth-order valence-corrected chi connectivity index (χ4v) is 5.64. The van der Waals surface area contributed by atoms with E-state index in [0.29, 0.717) is 28.3 Å². The van der Waals surface area contributed by atoms with Gasteiger partial charge in [-0.05, 0) is 91.3 Å². The van der Waals surface area contributed by atoms with Gasteiger partial charge in [-0.25, -0.2) is 0 Å². The highest BCUT2D eigenvalue weighted by Crippen LogP contribution is 2.44. The fourth-order valence-electron chi connectivity index (χ4n) is 5.64. The van der Waals surface area contributed by atoms with Crippen molar-refractivity contribution >= 4 is 23.1 Å². The number of hydrogen-bond acceptors (Lipinski definition) is 4. The molecule has 39 heavy (non-hydrogen) atoms. The maximum atomic E-state index is 13.6. The number of amides is 1. The van der Waals surface area contributed by atoms with Gasteiger partial charge < -0.3 is 9.84 Å². The van der Waals surface area contributed by atoms with Crippen molar-refractivity contribution in [2.24, 2.45) is 0 Å². The van der Waals surface area contributed by atoms with Crippen LogP contribution in [0.4, 0.5) is 5.69 Å². The molecule has 0 spiro atoms. The summed E-state index contributed by atoms with van der Waals surface area (Å²) in [7, 11) is 0. The van der Waals surface area contributed by atoms with E-state index >= 15 is 0 Å². The summed E-state index contributed by atoms with van der Waals surface area (Å²) in [5.41, 5.74) is 5.26. The molecule has 0 radical (unpaired) electrons. The number of para-hydroxylation sites is 2. The van der Waals surface area contributed by atoms with E-state index in [4.69, 9.17) is 4.74 Å². The molecule has 1 N–H and O–H groups in total. The lowest BCUT2D eigenvalue weighted by Crippen LogP contribution is -2.30. The Morgan fingerprint density at radius 3 is 2.31 bits per heavy atom. The number of anilines is 1. The van der Waals surface area contributed by atoms with Gasteiger partial charge in [-0.1, -0.05) is 60.7 Å². The smallest absolute Gasteiger partial charge is 0.300 e. The molecule has 1 fully saturated rings. The van der Waals surface area contributed by atoms with Gasteiger partial charge in [0.25, 0.3) is 11.7 Å². The molecule has 0 aromatic heterocycles. The van der Waals surface area contributed by atoms with Gasteiger partial charge in [-0.2, -0.15) is 0 Å². The van der Waals surface area contributed by atoms with Crippen LogP contribution in [0.3, 0.4) is 0 Å². The van der Waals surface area contributed by atoms with Crippen molar-refractivity contribution in [1.82, 2.24) is 0 Å². The third kappa shape index (κ3) is 4.61. The standard InChI is InChI=1S/C34H29NO4/c1-22-10-5-8-17-29(22)35-31(25-13-9-16-28(21-25)39-27-14-3-2-4-15-27)30(33(37)34(35)38)32(36)26-19-18-23-11-6-7-12-24(23)20-26/h2-5,8-10,13-21,31,36H,6-7,11-12H2,1H3/b32-30-. The quantitative estimate of drug-likeness (QED) is 0.172. The second kappa shape index (κ2) is 10.3. The van der Waals surface area contributed by atoms with Gasteiger partial charge in [-0.3, -0.25) is 14.5 Å². The number of carbonyl (C=O) groups excluding carboxylic acids is 2. The van der Waals surface area contributed by atoms with Crippen molar-refractivity contribution in [2.75, 3.05) is 4.90 Å². The highest BCUT2D eigenvalue weighted by molar-refractivity contribution is 6.51. The highest BCUT2D eigenvalue weighted by Gasteiger charge is 2.47. The molecule has 4 aromatic rings. The molecule has 1 amide bonds. The zero-order chi connectivity index (χ0) is 26.9. The van der Waals surface area contributed by atoms with Crippen LogP contribution < -0.4 is 9.64 Å². The summed E-state index contributed by atoms with van der Waals surface area (Å²) in [4.78, 5) is 28.7. The van der Waals surface area contributed by atoms with Crippen LogP contribution in [-0.2, 0) is 22.4 Å². The molecule has 2 aliphatic rings. The summed E-state index contributed by atoms with van der Waals surface area (Å²) in [5, 5.41) is 11.6. The molecule has 1 heterocycles. The van der Waals surface area contributed by atoms with Crippen LogP contribution in [0.5, 0.6) is 11.5 Å². The molecule has 0 bridgehead atoms. The number of fused-ring (bicyclic) bond motifs is 1. The summed E-state index contributed by atoms with van der Waals surface area (Å²) in [5.74, 6) is -0.271. The van der Waals surface area contributed by atoms with E-state index in [9.17, 15) is 14.7 Å². The number of Topliss-reactive ketones (excluding diaryl/α,β-unsaturated/α-hetero) is 1. The van der Waals surface area contributed by atoms with Gasteiger partial charge >= 0.3 is 0 Å². The summed E-state index contributed by atoms with van der Waals surface area (Å²) in [6.07, 6.45) is 4.21. The van der Waals surface area contributed by atoms with Crippen LogP contribution in [0.1, 0.15) is 46.7 Å². The molecular weight excluding hydrogens is 486 g/mol. The predicted octanol–water partition coefficient (Wildman–Crippen LogP) is 7.29. The number of ether oxygens (including phenoxy) is 1. The minimum atomic E-state index is -0.818. The summed E-state index contributed by atoms with van der Waals surface area (Å²) >= 11 is 0. The number of aliphatic hydroxyl groups excluding tert-OH is 1. The predicted molar refractivity (Wildman–Crippen MR) is 152 cm³/mol. The molecule has 4 aromatic carbocycles. The van der Waals surface area contributed by atoms with Crippen LogP contribution in [0.15, 0.2) is 103 Å². The lowest BCUT2D eigenvalue weighted by Gasteiger charge is -2.27. The van der Waals surface area contributed by atoms with E-state index in [0.717, 1.165) is 31.2 Å². The summed E-state index contributed by atoms with van der Waals surface area (Å²) < 4.78 is 6.07. The normalized spacial score (nSPS) is 18.2. The topological polar surface area (TPSA) is 66.8 Å². The molecule has 1 atom stereocenters. The number of aliphatic hydroxyl groups is 1. The Labute approximate surface area is 228 Å². The van der Waals surface area contributed by atoms with E-state index in [2.05, 4.69) is 0 Å². The summed E-state index contributed by atoms with van der Waals surface area (Å²) in [6.45, 7) is 1.91. The zero-order valence-electron chi connectivity index (χ0n) is 21.8.